The second kappa shape index (κ2) is 9.30. The molecule has 1 saturated heterocycles. The van der Waals surface area contributed by atoms with Crippen LogP contribution in [-0.4, -0.2) is 36.7 Å². The van der Waals surface area contributed by atoms with E-state index in [0.29, 0.717) is 23.0 Å². The molecule has 1 amide bonds. The van der Waals surface area contributed by atoms with Gasteiger partial charge in [-0.2, -0.15) is 4.31 Å². The van der Waals surface area contributed by atoms with Gasteiger partial charge in [0.05, 0.1) is 17.0 Å². The maximum absolute atomic E-state index is 12.8. The molecule has 1 aromatic heterocycles. The molecule has 1 aliphatic rings. The number of nitrogens with one attached hydrogen (secondary N) is 1. The fourth-order valence-electron chi connectivity index (χ4n) is 3.62. The number of thiazole rings is 1. The largest absolute Gasteiger partial charge is 0.325 e. The lowest BCUT2D eigenvalue weighted by molar-refractivity contribution is -0.115. The summed E-state index contributed by atoms with van der Waals surface area (Å²) in [5.74, 6) is -0.113. The number of sulfonamides is 1. The van der Waals surface area contributed by atoms with Gasteiger partial charge in [0.25, 0.3) is 0 Å². The van der Waals surface area contributed by atoms with Crippen LogP contribution >= 0.6 is 11.3 Å². The summed E-state index contributed by atoms with van der Waals surface area (Å²) in [5, 5.41) is 5.53. The molecule has 0 atom stereocenters. The first-order valence-electron chi connectivity index (χ1n) is 10.3. The van der Waals surface area contributed by atoms with Crippen molar-refractivity contribution < 1.29 is 13.2 Å². The Hall–Kier alpha value is -2.55. The average molecular weight is 456 g/mol. The summed E-state index contributed by atoms with van der Waals surface area (Å²) in [5.41, 5.74) is 3.38. The van der Waals surface area contributed by atoms with Crippen molar-refractivity contribution in [1.82, 2.24) is 9.29 Å². The lowest BCUT2D eigenvalue weighted by Gasteiger charge is -2.25. The maximum atomic E-state index is 12.8. The Morgan fingerprint density at radius 2 is 1.77 bits per heavy atom. The van der Waals surface area contributed by atoms with E-state index in [1.165, 1.54) is 11.3 Å². The van der Waals surface area contributed by atoms with Crippen LogP contribution < -0.4 is 5.32 Å². The third-order valence-corrected chi connectivity index (χ3v) is 8.15. The van der Waals surface area contributed by atoms with Crippen LogP contribution in [0.4, 0.5) is 5.69 Å². The van der Waals surface area contributed by atoms with Crippen LogP contribution in [0, 0.1) is 6.92 Å². The molecule has 6 nitrogen and oxygen atoms in total. The minimum atomic E-state index is -3.44. The molecule has 2 aromatic carbocycles. The summed E-state index contributed by atoms with van der Waals surface area (Å²) in [6.07, 6.45) is 3.10. The van der Waals surface area contributed by atoms with Gasteiger partial charge >= 0.3 is 0 Å². The Kier molecular flexibility index (Phi) is 6.50. The highest BCUT2D eigenvalue weighted by Crippen LogP contribution is 2.26. The number of nitrogens with zero attached hydrogens (tertiary/aromatic N) is 2. The quantitative estimate of drug-likeness (QED) is 0.595. The molecule has 8 heteroatoms. The number of aryl methyl sites for hydroxylation is 1. The van der Waals surface area contributed by atoms with Gasteiger partial charge in [-0.3, -0.25) is 4.79 Å². The Morgan fingerprint density at radius 1 is 1.06 bits per heavy atom. The minimum Gasteiger partial charge on any atom is -0.325 e. The molecular weight excluding hydrogens is 430 g/mol. The van der Waals surface area contributed by atoms with Gasteiger partial charge in [-0.1, -0.05) is 36.8 Å². The van der Waals surface area contributed by atoms with Crippen molar-refractivity contribution in [2.75, 3.05) is 18.4 Å². The molecule has 1 aliphatic heterocycles. The van der Waals surface area contributed by atoms with Crippen molar-refractivity contribution in [3.05, 3.63) is 64.5 Å². The van der Waals surface area contributed by atoms with Crippen LogP contribution in [0.15, 0.2) is 58.8 Å². The third kappa shape index (κ3) is 5.03. The summed E-state index contributed by atoms with van der Waals surface area (Å²) in [4.78, 5) is 17.2. The number of aromatic nitrogens is 1. The fourth-order valence-corrected chi connectivity index (χ4v) is 5.94. The van der Waals surface area contributed by atoms with Crippen molar-refractivity contribution in [2.45, 2.75) is 37.5 Å². The molecule has 0 spiro atoms. The molecule has 4 rings (SSSR count). The van der Waals surface area contributed by atoms with Crippen molar-refractivity contribution in [3.63, 3.8) is 0 Å². The zero-order valence-corrected chi connectivity index (χ0v) is 19.0. The first kappa shape index (κ1) is 21.7. The molecule has 1 fully saturated rings. The van der Waals surface area contributed by atoms with Gasteiger partial charge in [-0.15, -0.1) is 11.3 Å². The first-order valence-corrected chi connectivity index (χ1v) is 12.7. The number of hydrogen-bond donors (Lipinski definition) is 1. The fraction of sp³-hybridized carbons (Fsp3) is 0.304. The van der Waals surface area contributed by atoms with Gasteiger partial charge < -0.3 is 5.32 Å². The zero-order valence-electron chi connectivity index (χ0n) is 17.4. The molecule has 0 radical (unpaired) electrons. The first-order chi connectivity index (χ1) is 14.9. The summed E-state index contributed by atoms with van der Waals surface area (Å²) >= 11 is 1.42. The maximum Gasteiger partial charge on any atom is 0.243 e. The second-order valence-electron chi connectivity index (χ2n) is 7.66. The second-order valence-corrected chi connectivity index (χ2v) is 10.5. The zero-order chi connectivity index (χ0) is 21.8. The number of hydrogen-bond acceptors (Lipinski definition) is 5. The van der Waals surface area contributed by atoms with Gasteiger partial charge in [-0.05, 0) is 43.5 Å². The van der Waals surface area contributed by atoms with Crippen molar-refractivity contribution in [3.8, 4) is 11.3 Å². The van der Waals surface area contributed by atoms with Crippen LogP contribution in [0.1, 0.15) is 29.8 Å². The molecule has 162 valence electrons. The van der Waals surface area contributed by atoms with E-state index in [1.807, 2.05) is 36.6 Å². The smallest absolute Gasteiger partial charge is 0.243 e. The summed E-state index contributed by atoms with van der Waals surface area (Å²) < 4.78 is 27.2. The lowest BCUT2D eigenvalue weighted by atomic mass is 10.2. The van der Waals surface area contributed by atoms with E-state index >= 15 is 0 Å². The van der Waals surface area contributed by atoms with Crippen molar-refractivity contribution in [2.24, 2.45) is 0 Å². The molecule has 31 heavy (non-hydrogen) atoms. The molecule has 0 saturated carbocycles. The number of anilines is 1. The van der Waals surface area contributed by atoms with E-state index in [0.717, 1.165) is 41.8 Å². The predicted octanol–water partition coefficient (Wildman–Crippen LogP) is 4.47. The molecular formula is C23H25N3O3S2. The number of carbonyl (C=O) groups is 1. The topological polar surface area (TPSA) is 79.4 Å². The van der Waals surface area contributed by atoms with Crippen LogP contribution in [0.25, 0.3) is 11.3 Å². The number of piperidine rings is 1. The van der Waals surface area contributed by atoms with Crippen LogP contribution in [0.5, 0.6) is 0 Å². The number of rotatable bonds is 6. The van der Waals surface area contributed by atoms with Gasteiger partial charge in [0, 0.05) is 29.7 Å². The van der Waals surface area contributed by atoms with E-state index in [2.05, 4.69) is 10.3 Å². The van der Waals surface area contributed by atoms with Gasteiger partial charge in [0.1, 0.15) is 5.01 Å². The average Bonchev–Trinajstić information content (AvgIpc) is 3.24. The standard InChI is InChI=1S/C23H25N3O3S2/c1-17-7-3-4-8-20(17)24-22(27)15-23-25-21(16-30-23)18-9-11-19(12-10-18)31(28,29)26-13-5-2-6-14-26/h3-4,7-12,16H,2,5-6,13-15H2,1H3,(H,24,27). The van der Waals surface area contributed by atoms with Crippen molar-refractivity contribution >= 4 is 33.0 Å². The highest BCUT2D eigenvalue weighted by Gasteiger charge is 2.25. The Morgan fingerprint density at radius 3 is 2.48 bits per heavy atom. The van der Waals surface area contributed by atoms with E-state index in [9.17, 15) is 13.2 Å². The summed E-state index contributed by atoms with van der Waals surface area (Å²) in [6, 6.07) is 14.5. The molecule has 0 aliphatic carbocycles. The van der Waals surface area contributed by atoms with Crippen LogP contribution in [0.2, 0.25) is 0 Å². The molecule has 0 unspecified atom stereocenters. The number of para-hydroxylation sites is 1. The van der Waals surface area contributed by atoms with Crippen LogP contribution in [-0.2, 0) is 21.2 Å². The Bertz CT molecular complexity index is 1160. The lowest BCUT2D eigenvalue weighted by Crippen LogP contribution is -2.35. The predicted molar refractivity (Wildman–Crippen MR) is 124 cm³/mol. The normalized spacial score (nSPS) is 15.0. The van der Waals surface area contributed by atoms with Gasteiger partial charge in [0.15, 0.2) is 0 Å². The molecule has 0 bridgehead atoms. The summed E-state index contributed by atoms with van der Waals surface area (Å²) in [7, 11) is -3.44. The highest BCUT2D eigenvalue weighted by atomic mass is 32.2. The highest BCUT2D eigenvalue weighted by molar-refractivity contribution is 7.89. The van der Waals surface area contributed by atoms with Crippen LogP contribution in [0.3, 0.4) is 0 Å². The summed E-state index contributed by atoms with van der Waals surface area (Å²) in [6.45, 7) is 3.13. The molecule has 3 aromatic rings. The number of carbonyl (C=O) groups excluding carboxylic acids is 1. The van der Waals surface area contributed by atoms with E-state index in [-0.39, 0.29) is 12.3 Å². The molecule has 2 heterocycles. The van der Waals surface area contributed by atoms with Crippen molar-refractivity contribution in [1.29, 1.82) is 0 Å². The Labute approximate surface area is 187 Å². The van der Waals surface area contributed by atoms with E-state index in [4.69, 9.17) is 0 Å². The van der Waals surface area contributed by atoms with E-state index < -0.39 is 10.0 Å². The van der Waals surface area contributed by atoms with Gasteiger partial charge in [-0.25, -0.2) is 13.4 Å². The van der Waals surface area contributed by atoms with E-state index in [1.54, 1.807) is 28.6 Å². The third-order valence-electron chi connectivity index (χ3n) is 5.39. The minimum absolute atomic E-state index is 0.113. The molecule has 1 N–H and O–H groups in total. The van der Waals surface area contributed by atoms with Gasteiger partial charge in [0.2, 0.25) is 15.9 Å². The Balaban J connectivity index is 1.43. The number of amides is 1. The monoisotopic (exact) mass is 455 g/mol. The SMILES string of the molecule is Cc1ccccc1NC(=O)Cc1nc(-c2ccc(S(=O)(=O)N3CCCCC3)cc2)cs1. The number of benzene rings is 2.